The number of halogens is 2. The van der Waals surface area contributed by atoms with Gasteiger partial charge in [-0.25, -0.2) is 14.3 Å². The number of carbonyl (C=O) groups excluding carboxylic acids is 1. The fraction of sp³-hybridized carbons (Fsp3) is 0.423. The lowest BCUT2D eigenvalue weighted by Crippen LogP contribution is -2.41. The van der Waals surface area contributed by atoms with Crippen LogP contribution >= 0.6 is 0 Å². The zero-order valence-electron chi connectivity index (χ0n) is 18.6. The molecule has 1 heterocycles. The molecule has 1 fully saturated rings. The van der Waals surface area contributed by atoms with Crippen molar-refractivity contribution in [3.05, 3.63) is 76.4 Å². The number of amides is 1. The Hall–Kier alpha value is -2.57. The second-order valence-electron chi connectivity index (χ2n) is 9.18. The van der Waals surface area contributed by atoms with E-state index in [2.05, 4.69) is 11.8 Å². The van der Waals surface area contributed by atoms with Crippen molar-refractivity contribution < 1.29 is 18.8 Å². The molecule has 0 spiro atoms. The molecule has 4 nitrogen and oxygen atoms in total. The smallest absolute Gasteiger partial charge is 0.257 e. The Balaban J connectivity index is 1.71. The number of nitrogens with one attached hydrogen (secondary N) is 1. The summed E-state index contributed by atoms with van der Waals surface area (Å²) >= 11 is 0. The number of rotatable bonds is 6. The molecule has 1 saturated heterocycles. The lowest BCUT2D eigenvalue weighted by atomic mass is 9.77. The average Bonchev–Trinajstić information content (AvgIpc) is 3.45. The first kappa shape index (κ1) is 22.6. The standard InChI is InChI=1S/C26H30F2N2O2/c1-17(16-30-10-3-4-11-30)20-12-21(14-22(27)13-20)19-8-9-26(15-19,25(31)29-32)23-6-5-7-24(28)18(23)2/h5-7,12-15,17,32H,3-4,8-11,16H2,1-2H3,(H,29,31)/t17?,26-/m0/s1. The highest BCUT2D eigenvalue weighted by Gasteiger charge is 2.43. The summed E-state index contributed by atoms with van der Waals surface area (Å²) in [6, 6.07) is 9.70. The molecule has 2 N–H and O–H groups in total. The Kier molecular flexibility index (Phi) is 6.45. The van der Waals surface area contributed by atoms with E-state index in [1.165, 1.54) is 25.0 Å². The number of allylic oxidation sites excluding steroid dienone is 1. The molecule has 0 bridgehead atoms. The Morgan fingerprint density at radius 1 is 1.22 bits per heavy atom. The molecule has 2 atom stereocenters. The molecule has 1 aliphatic carbocycles. The van der Waals surface area contributed by atoms with E-state index in [4.69, 9.17) is 0 Å². The van der Waals surface area contributed by atoms with Gasteiger partial charge in [-0.1, -0.05) is 31.2 Å². The van der Waals surface area contributed by atoms with Crippen LogP contribution in [0.15, 0.2) is 42.5 Å². The molecular formula is C26H30F2N2O2. The molecule has 2 aromatic rings. The van der Waals surface area contributed by atoms with Crippen molar-refractivity contribution in [2.45, 2.75) is 50.9 Å². The second-order valence-corrected chi connectivity index (χ2v) is 9.18. The number of carbonyl (C=O) groups is 1. The summed E-state index contributed by atoms with van der Waals surface area (Å²) in [5.74, 6) is -1.14. The van der Waals surface area contributed by atoms with Crippen molar-refractivity contribution in [3.63, 3.8) is 0 Å². The van der Waals surface area contributed by atoms with Gasteiger partial charge in [-0.15, -0.1) is 0 Å². The number of hydrogen-bond acceptors (Lipinski definition) is 3. The predicted octanol–water partition coefficient (Wildman–Crippen LogP) is 5.09. The Labute approximate surface area is 187 Å². The van der Waals surface area contributed by atoms with Crippen LogP contribution in [0.1, 0.15) is 60.8 Å². The summed E-state index contributed by atoms with van der Waals surface area (Å²) in [6.07, 6.45) is 5.08. The first-order chi connectivity index (χ1) is 15.3. The molecule has 1 unspecified atom stereocenters. The Bertz CT molecular complexity index is 1050. The molecule has 2 aliphatic rings. The van der Waals surface area contributed by atoms with E-state index in [9.17, 15) is 18.8 Å². The number of benzene rings is 2. The van der Waals surface area contributed by atoms with E-state index in [0.29, 0.717) is 24.0 Å². The van der Waals surface area contributed by atoms with E-state index in [1.807, 2.05) is 6.07 Å². The van der Waals surface area contributed by atoms with Crippen molar-refractivity contribution in [2.75, 3.05) is 19.6 Å². The fourth-order valence-electron chi connectivity index (χ4n) is 5.25. The van der Waals surface area contributed by atoms with E-state index in [-0.39, 0.29) is 11.7 Å². The van der Waals surface area contributed by atoms with E-state index < -0.39 is 17.1 Å². The van der Waals surface area contributed by atoms with Gasteiger partial charge in [0.05, 0.1) is 5.41 Å². The van der Waals surface area contributed by atoms with Gasteiger partial charge >= 0.3 is 0 Å². The van der Waals surface area contributed by atoms with E-state index in [1.54, 1.807) is 36.7 Å². The van der Waals surface area contributed by atoms with Gasteiger partial charge in [-0.3, -0.25) is 10.0 Å². The molecule has 1 aliphatic heterocycles. The molecule has 32 heavy (non-hydrogen) atoms. The zero-order chi connectivity index (χ0) is 22.9. The van der Waals surface area contributed by atoms with Crippen molar-refractivity contribution in [2.24, 2.45) is 0 Å². The van der Waals surface area contributed by atoms with Gasteiger partial charge in [0.2, 0.25) is 0 Å². The van der Waals surface area contributed by atoms with E-state index in [0.717, 1.165) is 36.3 Å². The predicted molar refractivity (Wildman–Crippen MR) is 120 cm³/mol. The number of likely N-dealkylation sites (tertiary alicyclic amines) is 1. The maximum atomic E-state index is 14.6. The lowest BCUT2D eigenvalue weighted by molar-refractivity contribution is -0.133. The molecular weight excluding hydrogens is 410 g/mol. The minimum absolute atomic E-state index is 0.181. The third-order valence-corrected chi connectivity index (χ3v) is 7.06. The van der Waals surface area contributed by atoms with Gasteiger partial charge in [-0.2, -0.15) is 0 Å². The fourth-order valence-corrected chi connectivity index (χ4v) is 5.25. The maximum Gasteiger partial charge on any atom is 0.257 e. The van der Waals surface area contributed by atoms with Crippen LogP contribution in [-0.4, -0.2) is 35.6 Å². The SMILES string of the molecule is Cc1c(F)cccc1[C@@]1(C(=O)NO)C=C(c2cc(F)cc(C(C)CN3CCCC3)c2)CC1. The lowest BCUT2D eigenvalue weighted by Gasteiger charge is -2.27. The summed E-state index contributed by atoms with van der Waals surface area (Å²) in [6.45, 7) is 6.80. The molecule has 6 heteroatoms. The maximum absolute atomic E-state index is 14.6. The number of hydroxylamine groups is 1. The van der Waals surface area contributed by atoms with Gasteiger partial charge in [-0.05, 0) is 97.6 Å². The highest BCUT2D eigenvalue weighted by molar-refractivity contribution is 5.94. The van der Waals surface area contributed by atoms with Crippen molar-refractivity contribution in [1.82, 2.24) is 10.4 Å². The van der Waals surface area contributed by atoms with Crippen molar-refractivity contribution in [1.29, 1.82) is 0 Å². The first-order valence-corrected chi connectivity index (χ1v) is 11.3. The minimum atomic E-state index is -1.20. The van der Waals surface area contributed by atoms with Gasteiger partial charge in [0.1, 0.15) is 11.6 Å². The molecule has 170 valence electrons. The molecule has 1 amide bonds. The molecule has 4 rings (SSSR count). The monoisotopic (exact) mass is 440 g/mol. The van der Waals surface area contributed by atoms with Crippen LogP contribution in [-0.2, 0) is 10.2 Å². The van der Waals surface area contributed by atoms with Crippen LogP contribution in [0, 0.1) is 18.6 Å². The Morgan fingerprint density at radius 2 is 1.97 bits per heavy atom. The molecule has 0 radical (unpaired) electrons. The normalized spacial score (nSPS) is 22.1. The van der Waals surface area contributed by atoms with Gasteiger partial charge in [0, 0.05) is 6.54 Å². The number of hydrogen-bond donors (Lipinski definition) is 2. The van der Waals surface area contributed by atoms with Crippen LogP contribution in [0.4, 0.5) is 8.78 Å². The molecule has 0 aromatic heterocycles. The van der Waals surface area contributed by atoms with Gasteiger partial charge < -0.3 is 4.90 Å². The van der Waals surface area contributed by atoms with Crippen LogP contribution in [0.25, 0.3) is 5.57 Å². The summed E-state index contributed by atoms with van der Waals surface area (Å²) in [5, 5.41) is 9.45. The van der Waals surface area contributed by atoms with Crippen LogP contribution < -0.4 is 5.48 Å². The van der Waals surface area contributed by atoms with Crippen LogP contribution in [0.5, 0.6) is 0 Å². The first-order valence-electron chi connectivity index (χ1n) is 11.3. The minimum Gasteiger partial charge on any atom is -0.303 e. The average molecular weight is 441 g/mol. The summed E-state index contributed by atoms with van der Waals surface area (Å²) < 4.78 is 28.9. The third kappa shape index (κ3) is 4.21. The second kappa shape index (κ2) is 9.12. The highest BCUT2D eigenvalue weighted by Crippen LogP contribution is 2.45. The zero-order valence-corrected chi connectivity index (χ0v) is 18.6. The molecule has 0 saturated carbocycles. The summed E-state index contributed by atoms with van der Waals surface area (Å²) in [5.41, 5.74) is 3.92. The van der Waals surface area contributed by atoms with Gasteiger partial charge in [0.15, 0.2) is 0 Å². The quantitative estimate of drug-likeness (QED) is 0.486. The van der Waals surface area contributed by atoms with Crippen molar-refractivity contribution in [3.8, 4) is 0 Å². The van der Waals surface area contributed by atoms with E-state index >= 15 is 0 Å². The third-order valence-electron chi connectivity index (χ3n) is 7.06. The summed E-state index contributed by atoms with van der Waals surface area (Å²) in [7, 11) is 0. The number of nitrogens with zero attached hydrogens (tertiary/aromatic N) is 1. The van der Waals surface area contributed by atoms with Gasteiger partial charge in [0.25, 0.3) is 5.91 Å². The van der Waals surface area contributed by atoms with Crippen LogP contribution in [0.3, 0.4) is 0 Å². The topological polar surface area (TPSA) is 52.6 Å². The molecule has 2 aromatic carbocycles. The highest BCUT2D eigenvalue weighted by atomic mass is 19.1. The van der Waals surface area contributed by atoms with Crippen LogP contribution in [0.2, 0.25) is 0 Å². The van der Waals surface area contributed by atoms with Crippen molar-refractivity contribution >= 4 is 11.5 Å². The Morgan fingerprint density at radius 3 is 2.69 bits per heavy atom. The summed E-state index contributed by atoms with van der Waals surface area (Å²) in [4.78, 5) is 15.2. The largest absolute Gasteiger partial charge is 0.303 e.